The van der Waals surface area contributed by atoms with Gasteiger partial charge in [0.2, 0.25) is 5.95 Å². The summed E-state index contributed by atoms with van der Waals surface area (Å²) in [6, 6.07) is 2.58. The molecule has 1 aliphatic carbocycles. The van der Waals surface area contributed by atoms with Crippen LogP contribution in [0.2, 0.25) is 0 Å². The minimum atomic E-state index is 0.585. The average Bonchev–Trinajstić information content (AvgIpc) is 2.46. The third kappa shape index (κ3) is 3.56. The van der Waals surface area contributed by atoms with Crippen molar-refractivity contribution in [2.45, 2.75) is 38.1 Å². The van der Waals surface area contributed by atoms with Crippen molar-refractivity contribution >= 4 is 11.8 Å². The molecule has 2 N–H and O–H groups in total. The highest BCUT2D eigenvalue weighted by molar-refractivity contribution is 5.44. The Morgan fingerprint density at radius 3 is 2.63 bits per heavy atom. The average molecular weight is 263 g/mol. The van der Waals surface area contributed by atoms with E-state index in [1.165, 1.54) is 32.1 Å². The van der Waals surface area contributed by atoms with Crippen LogP contribution in [0.25, 0.3) is 0 Å². The van der Waals surface area contributed by atoms with Crippen LogP contribution in [-0.4, -0.2) is 43.2 Å². The number of anilines is 2. The first kappa shape index (κ1) is 14.1. The van der Waals surface area contributed by atoms with E-state index in [1.54, 1.807) is 0 Å². The largest absolute Gasteiger partial charge is 0.352 e. The van der Waals surface area contributed by atoms with Crippen molar-refractivity contribution in [3.63, 3.8) is 0 Å². The Labute approximate surface area is 115 Å². The fraction of sp³-hybridized carbons (Fsp3) is 0.714. The van der Waals surface area contributed by atoms with Gasteiger partial charge in [-0.25, -0.2) is 4.98 Å². The van der Waals surface area contributed by atoms with Gasteiger partial charge in [0.05, 0.1) is 0 Å². The van der Waals surface area contributed by atoms with Crippen LogP contribution >= 0.6 is 0 Å². The lowest BCUT2D eigenvalue weighted by molar-refractivity contribution is 0.414. The molecule has 5 nitrogen and oxygen atoms in total. The normalized spacial score (nSPS) is 16.4. The summed E-state index contributed by atoms with van der Waals surface area (Å²) in [6.45, 7) is 1.53. The fourth-order valence-electron chi connectivity index (χ4n) is 2.73. The van der Waals surface area contributed by atoms with Crippen molar-refractivity contribution in [3.05, 3.63) is 12.3 Å². The molecule has 2 rings (SSSR count). The maximum atomic E-state index is 5.78. The predicted octanol–water partition coefficient (Wildman–Crippen LogP) is 1.64. The highest BCUT2D eigenvalue weighted by atomic mass is 15.3. The van der Waals surface area contributed by atoms with Crippen LogP contribution in [0.1, 0.15) is 32.1 Å². The summed E-state index contributed by atoms with van der Waals surface area (Å²) in [7, 11) is 3.93. The zero-order valence-corrected chi connectivity index (χ0v) is 12.0. The lowest BCUT2D eigenvalue weighted by Gasteiger charge is -2.35. The van der Waals surface area contributed by atoms with Crippen LogP contribution in [0.15, 0.2) is 12.3 Å². The number of hydrogen-bond donors (Lipinski definition) is 1. The molecule has 1 heterocycles. The number of hydrogen-bond acceptors (Lipinski definition) is 5. The molecule has 0 spiro atoms. The first-order chi connectivity index (χ1) is 9.22. The molecule has 0 radical (unpaired) electrons. The Morgan fingerprint density at radius 1 is 1.26 bits per heavy atom. The summed E-state index contributed by atoms with van der Waals surface area (Å²) < 4.78 is 0. The van der Waals surface area contributed by atoms with Crippen molar-refractivity contribution in [1.82, 2.24) is 9.97 Å². The second-order valence-electron chi connectivity index (χ2n) is 5.38. The predicted molar refractivity (Wildman–Crippen MR) is 79.6 cm³/mol. The third-order valence-electron chi connectivity index (χ3n) is 3.71. The van der Waals surface area contributed by atoms with Crippen molar-refractivity contribution < 1.29 is 0 Å². The molecule has 0 atom stereocenters. The van der Waals surface area contributed by atoms with E-state index in [1.807, 2.05) is 31.3 Å². The van der Waals surface area contributed by atoms with Crippen molar-refractivity contribution in [1.29, 1.82) is 0 Å². The van der Waals surface area contributed by atoms with E-state index >= 15 is 0 Å². The van der Waals surface area contributed by atoms with Crippen LogP contribution < -0.4 is 15.5 Å². The van der Waals surface area contributed by atoms with Gasteiger partial charge in [-0.15, -0.1) is 0 Å². The van der Waals surface area contributed by atoms with Gasteiger partial charge in [-0.3, -0.25) is 0 Å². The molecule has 1 aromatic rings. The molecule has 1 aliphatic rings. The minimum absolute atomic E-state index is 0.585. The van der Waals surface area contributed by atoms with E-state index < -0.39 is 0 Å². The second-order valence-corrected chi connectivity index (χ2v) is 5.38. The van der Waals surface area contributed by atoms with Crippen molar-refractivity contribution in [3.8, 4) is 0 Å². The van der Waals surface area contributed by atoms with Gasteiger partial charge in [-0.2, -0.15) is 4.98 Å². The van der Waals surface area contributed by atoms with E-state index in [9.17, 15) is 0 Å². The molecule has 5 heteroatoms. The highest BCUT2D eigenvalue weighted by Crippen LogP contribution is 2.26. The van der Waals surface area contributed by atoms with Crippen LogP contribution in [0, 0.1) is 0 Å². The molecular formula is C14H25N5. The Morgan fingerprint density at radius 2 is 2.00 bits per heavy atom. The summed E-state index contributed by atoms with van der Waals surface area (Å²) in [5.74, 6) is 1.77. The molecule has 0 aliphatic heterocycles. The summed E-state index contributed by atoms with van der Waals surface area (Å²) in [6.07, 6.45) is 8.33. The van der Waals surface area contributed by atoms with Gasteiger partial charge in [-0.05, 0) is 18.9 Å². The monoisotopic (exact) mass is 263 g/mol. The quantitative estimate of drug-likeness (QED) is 0.875. The Kier molecular flexibility index (Phi) is 4.96. The molecule has 0 unspecified atom stereocenters. The van der Waals surface area contributed by atoms with Crippen molar-refractivity contribution in [2.75, 3.05) is 37.0 Å². The van der Waals surface area contributed by atoms with Gasteiger partial charge in [0.25, 0.3) is 0 Å². The molecule has 19 heavy (non-hydrogen) atoms. The Hall–Kier alpha value is -1.36. The zero-order chi connectivity index (χ0) is 13.7. The van der Waals surface area contributed by atoms with E-state index in [4.69, 9.17) is 5.73 Å². The smallest absolute Gasteiger partial charge is 0.226 e. The Bertz CT molecular complexity index is 387. The summed E-state index contributed by atoms with van der Waals surface area (Å²) >= 11 is 0. The maximum absolute atomic E-state index is 5.78. The summed E-state index contributed by atoms with van der Waals surface area (Å²) in [5.41, 5.74) is 5.78. The molecule has 0 saturated heterocycles. The van der Waals surface area contributed by atoms with Gasteiger partial charge in [0, 0.05) is 39.4 Å². The molecule has 0 bridgehead atoms. The number of aromatic nitrogens is 2. The minimum Gasteiger partial charge on any atom is -0.352 e. The molecule has 0 aromatic carbocycles. The van der Waals surface area contributed by atoms with Crippen LogP contribution in [0.5, 0.6) is 0 Å². The fourth-order valence-corrected chi connectivity index (χ4v) is 2.73. The van der Waals surface area contributed by atoms with Gasteiger partial charge < -0.3 is 15.5 Å². The van der Waals surface area contributed by atoms with Gasteiger partial charge in [-0.1, -0.05) is 19.3 Å². The maximum Gasteiger partial charge on any atom is 0.226 e. The second kappa shape index (κ2) is 6.70. The van der Waals surface area contributed by atoms with E-state index in [0.29, 0.717) is 12.6 Å². The van der Waals surface area contributed by atoms with Crippen molar-refractivity contribution in [2.24, 2.45) is 5.73 Å². The van der Waals surface area contributed by atoms with E-state index in [0.717, 1.165) is 18.3 Å². The summed E-state index contributed by atoms with van der Waals surface area (Å²) in [5, 5.41) is 0. The van der Waals surface area contributed by atoms with Gasteiger partial charge in [0.1, 0.15) is 5.82 Å². The number of nitrogens with two attached hydrogens (primary N) is 1. The van der Waals surface area contributed by atoms with E-state index in [2.05, 4.69) is 14.9 Å². The first-order valence-corrected chi connectivity index (χ1v) is 7.19. The SMILES string of the molecule is CN(C)c1nccc(N(CCN)C2CCCCC2)n1. The Balaban J connectivity index is 2.19. The number of nitrogens with zero attached hydrogens (tertiary/aromatic N) is 4. The topological polar surface area (TPSA) is 58.3 Å². The van der Waals surface area contributed by atoms with E-state index in [-0.39, 0.29) is 0 Å². The molecule has 1 fully saturated rings. The number of rotatable bonds is 5. The van der Waals surface area contributed by atoms with Crippen LogP contribution in [0.3, 0.4) is 0 Å². The van der Waals surface area contributed by atoms with Gasteiger partial charge in [0.15, 0.2) is 0 Å². The zero-order valence-electron chi connectivity index (χ0n) is 12.0. The molecule has 106 valence electrons. The lowest BCUT2D eigenvalue weighted by atomic mass is 9.94. The summed E-state index contributed by atoms with van der Waals surface area (Å²) in [4.78, 5) is 13.2. The lowest BCUT2D eigenvalue weighted by Crippen LogP contribution is -2.40. The molecule has 1 saturated carbocycles. The first-order valence-electron chi connectivity index (χ1n) is 7.19. The van der Waals surface area contributed by atoms with Crippen LogP contribution in [-0.2, 0) is 0 Å². The standard InChI is InChI=1S/C14H25N5/c1-18(2)14-16-10-8-13(17-14)19(11-9-15)12-6-4-3-5-7-12/h8,10,12H,3-7,9,11,15H2,1-2H3. The third-order valence-corrected chi connectivity index (χ3v) is 3.71. The highest BCUT2D eigenvalue weighted by Gasteiger charge is 2.22. The molecule has 1 aromatic heterocycles. The van der Waals surface area contributed by atoms with Gasteiger partial charge >= 0.3 is 0 Å². The molecule has 0 amide bonds. The molecular weight excluding hydrogens is 238 g/mol. The van der Waals surface area contributed by atoms with Crippen LogP contribution in [0.4, 0.5) is 11.8 Å².